The maximum absolute atomic E-state index is 12.8. The molecule has 0 bridgehead atoms. The molecule has 0 aromatic carbocycles. The lowest BCUT2D eigenvalue weighted by atomic mass is 10.1. The summed E-state index contributed by atoms with van der Waals surface area (Å²) in [5.41, 5.74) is 0. The van der Waals surface area contributed by atoms with Gasteiger partial charge in [-0.05, 0) is 39.3 Å². The van der Waals surface area contributed by atoms with Gasteiger partial charge in [0.25, 0.3) is 0 Å². The van der Waals surface area contributed by atoms with Crippen LogP contribution in [-0.2, 0) is 38.1 Å². The van der Waals surface area contributed by atoms with E-state index >= 15 is 0 Å². The van der Waals surface area contributed by atoms with E-state index in [9.17, 15) is 14.4 Å². The summed E-state index contributed by atoms with van der Waals surface area (Å²) in [5, 5.41) is 0. The van der Waals surface area contributed by atoms with Crippen molar-refractivity contribution < 1.29 is 38.1 Å². The van der Waals surface area contributed by atoms with Crippen molar-refractivity contribution in [2.24, 2.45) is 11.8 Å². The molecule has 0 N–H and O–H groups in total. The van der Waals surface area contributed by atoms with Crippen LogP contribution in [0.1, 0.15) is 156 Å². The fraction of sp³-hybridized carbons (Fsp3) is 0.921. The molecule has 0 amide bonds. The van der Waals surface area contributed by atoms with Crippen LogP contribution in [0.15, 0.2) is 0 Å². The van der Waals surface area contributed by atoms with Gasteiger partial charge in [0.15, 0.2) is 6.29 Å². The maximum atomic E-state index is 12.8. The molecule has 9 heteroatoms. The van der Waals surface area contributed by atoms with Gasteiger partial charge in [-0.1, -0.05) is 111 Å². The molecule has 2 atom stereocenters. The predicted octanol–water partition coefficient (Wildman–Crippen LogP) is 8.40. The van der Waals surface area contributed by atoms with Gasteiger partial charge < -0.3 is 28.6 Å². The minimum atomic E-state index is -0.437. The van der Waals surface area contributed by atoms with Crippen molar-refractivity contribution in [2.75, 3.05) is 53.2 Å². The summed E-state index contributed by atoms with van der Waals surface area (Å²) >= 11 is 0. The summed E-state index contributed by atoms with van der Waals surface area (Å²) in [6, 6.07) is 0. The molecule has 1 saturated heterocycles. The number of ether oxygens (including phenoxy) is 5. The minimum Gasteiger partial charge on any atom is -0.465 e. The van der Waals surface area contributed by atoms with Gasteiger partial charge in [-0.25, -0.2) is 0 Å². The smallest absolute Gasteiger partial charge is 0.310 e. The molecule has 1 heterocycles. The van der Waals surface area contributed by atoms with Crippen molar-refractivity contribution in [1.82, 2.24) is 4.90 Å². The Balaban J connectivity index is 2.55. The lowest BCUT2D eigenvalue weighted by molar-refractivity contribution is -0.162. The quantitative estimate of drug-likeness (QED) is 0.0302. The Hall–Kier alpha value is -1.71. The van der Waals surface area contributed by atoms with Gasteiger partial charge in [0.1, 0.15) is 19.8 Å². The molecule has 0 aromatic rings. The van der Waals surface area contributed by atoms with Crippen LogP contribution in [0.4, 0.5) is 0 Å². The van der Waals surface area contributed by atoms with E-state index in [-0.39, 0.29) is 50.1 Å². The first-order valence-electron chi connectivity index (χ1n) is 19.3. The van der Waals surface area contributed by atoms with Gasteiger partial charge in [-0.15, -0.1) is 0 Å². The zero-order valence-corrected chi connectivity index (χ0v) is 30.7. The molecule has 2 unspecified atom stereocenters. The van der Waals surface area contributed by atoms with E-state index in [0.717, 1.165) is 64.3 Å². The molecule has 0 aliphatic carbocycles. The third kappa shape index (κ3) is 25.0. The lowest BCUT2D eigenvalue weighted by Gasteiger charge is -2.20. The number of carbonyl (C=O) groups is 3. The third-order valence-corrected chi connectivity index (χ3v) is 8.82. The van der Waals surface area contributed by atoms with Gasteiger partial charge >= 0.3 is 17.9 Å². The molecule has 1 rings (SSSR count). The number of carbonyl (C=O) groups excluding carboxylic acids is 3. The standard InChI is InChI=1S/C38H71NO8/c1-5-8-11-14-17-20-27-43-37(44-28-21-18-15-12-9-6-2)24-23-36(41)46-31-33(30-45-35(40)22-19-16-13-10-7-3)32-47-38(42)34-25-26-39(4)29-34/h33-34,37H,5-32H2,1-4H3. The van der Waals surface area contributed by atoms with E-state index < -0.39 is 12.2 Å². The SMILES string of the molecule is CCCCCCCCOC(CCC(=O)OCC(COC(=O)CCCCCCC)COC(=O)C1CCN(C)C1)OCCCCCCCC. The summed E-state index contributed by atoms with van der Waals surface area (Å²) in [7, 11) is 1.99. The van der Waals surface area contributed by atoms with E-state index in [4.69, 9.17) is 23.7 Å². The molecule has 0 spiro atoms. The highest BCUT2D eigenvalue weighted by atomic mass is 16.7. The molecule has 0 aromatic heterocycles. The van der Waals surface area contributed by atoms with Crippen molar-refractivity contribution in [2.45, 2.75) is 162 Å². The highest BCUT2D eigenvalue weighted by Crippen LogP contribution is 2.17. The topological polar surface area (TPSA) is 101 Å². The second-order valence-electron chi connectivity index (χ2n) is 13.5. The number of nitrogens with zero attached hydrogens (tertiary/aromatic N) is 1. The summed E-state index contributed by atoms with van der Waals surface area (Å²) in [5.74, 6) is -1.46. The number of likely N-dealkylation sites (tertiary alicyclic amines) is 1. The van der Waals surface area contributed by atoms with Crippen molar-refractivity contribution in [3.8, 4) is 0 Å². The highest BCUT2D eigenvalue weighted by molar-refractivity contribution is 5.73. The zero-order chi connectivity index (χ0) is 34.4. The number of hydrogen-bond donors (Lipinski definition) is 0. The van der Waals surface area contributed by atoms with Crippen molar-refractivity contribution in [3.05, 3.63) is 0 Å². The molecule has 1 fully saturated rings. The summed E-state index contributed by atoms with van der Waals surface area (Å²) in [6.07, 6.45) is 20.7. The molecule has 1 aliphatic heterocycles. The van der Waals surface area contributed by atoms with Crippen LogP contribution in [0, 0.1) is 11.8 Å². The molecule has 9 nitrogen and oxygen atoms in total. The fourth-order valence-corrected chi connectivity index (χ4v) is 5.67. The molecule has 0 saturated carbocycles. The minimum absolute atomic E-state index is 0.0162. The maximum Gasteiger partial charge on any atom is 0.310 e. The largest absolute Gasteiger partial charge is 0.465 e. The van der Waals surface area contributed by atoms with Gasteiger partial charge in [0, 0.05) is 32.6 Å². The van der Waals surface area contributed by atoms with E-state index in [0.29, 0.717) is 32.6 Å². The van der Waals surface area contributed by atoms with Crippen LogP contribution in [-0.4, -0.2) is 82.3 Å². The van der Waals surface area contributed by atoms with Gasteiger partial charge in [-0.2, -0.15) is 0 Å². The first-order chi connectivity index (χ1) is 22.9. The second kappa shape index (κ2) is 30.4. The van der Waals surface area contributed by atoms with E-state index in [1.165, 1.54) is 57.8 Å². The molecular weight excluding hydrogens is 598 g/mol. The Morgan fingerprint density at radius 1 is 0.617 bits per heavy atom. The highest BCUT2D eigenvalue weighted by Gasteiger charge is 2.28. The molecule has 47 heavy (non-hydrogen) atoms. The van der Waals surface area contributed by atoms with E-state index in [1.54, 1.807) is 0 Å². The predicted molar refractivity (Wildman–Crippen MR) is 187 cm³/mol. The first-order valence-corrected chi connectivity index (χ1v) is 19.3. The fourth-order valence-electron chi connectivity index (χ4n) is 5.67. The van der Waals surface area contributed by atoms with Crippen molar-refractivity contribution in [1.29, 1.82) is 0 Å². The Bertz CT molecular complexity index is 761. The first kappa shape index (κ1) is 43.3. The third-order valence-electron chi connectivity index (χ3n) is 8.82. The van der Waals surface area contributed by atoms with Crippen molar-refractivity contribution in [3.63, 3.8) is 0 Å². The van der Waals surface area contributed by atoms with E-state index in [2.05, 4.69) is 25.7 Å². The summed E-state index contributed by atoms with van der Waals surface area (Å²) in [6.45, 7) is 9.49. The van der Waals surface area contributed by atoms with Crippen LogP contribution in [0.5, 0.6) is 0 Å². The van der Waals surface area contributed by atoms with Gasteiger partial charge in [0.05, 0.1) is 18.3 Å². The van der Waals surface area contributed by atoms with Crippen LogP contribution in [0.25, 0.3) is 0 Å². The average Bonchev–Trinajstić information content (AvgIpc) is 3.51. The molecule has 276 valence electrons. The van der Waals surface area contributed by atoms with Crippen LogP contribution < -0.4 is 0 Å². The molecule has 1 aliphatic rings. The normalized spacial score (nSPS) is 15.6. The second-order valence-corrected chi connectivity index (χ2v) is 13.5. The number of hydrogen-bond acceptors (Lipinski definition) is 9. The van der Waals surface area contributed by atoms with E-state index in [1.807, 2.05) is 7.05 Å². The summed E-state index contributed by atoms with van der Waals surface area (Å²) < 4.78 is 28.9. The number of esters is 3. The Morgan fingerprint density at radius 3 is 1.60 bits per heavy atom. The van der Waals surface area contributed by atoms with Crippen LogP contribution in [0.3, 0.4) is 0 Å². The van der Waals surface area contributed by atoms with Crippen LogP contribution in [0.2, 0.25) is 0 Å². The Morgan fingerprint density at radius 2 is 1.09 bits per heavy atom. The molecular formula is C38H71NO8. The average molecular weight is 670 g/mol. The van der Waals surface area contributed by atoms with Gasteiger partial charge in [0.2, 0.25) is 0 Å². The Kier molecular flexibility index (Phi) is 28.0. The number of rotatable bonds is 32. The summed E-state index contributed by atoms with van der Waals surface area (Å²) in [4.78, 5) is 39.9. The zero-order valence-electron chi connectivity index (χ0n) is 30.7. The van der Waals surface area contributed by atoms with Crippen molar-refractivity contribution >= 4 is 17.9 Å². The Labute approximate surface area is 287 Å². The van der Waals surface area contributed by atoms with Crippen LogP contribution >= 0.6 is 0 Å². The monoisotopic (exact) mass is 670 g/mol. The lowest BCUT2D eigenvalue weighted by Crippen LogP contribution is -2.29. The van der Waals surface area contributed by atoms with Gasteiger partial charge in [-0.3, -0.25) is 14.4 Å². The molecule has 0 radical (unpaired) electrons. The number of unbranched alkanes of at least 4 members (excludes halogenated alkanes) is 14.